The van der Waals surface area contributed by atoms with Crippen LogP contribution < -0.4 is 10.1 Å². The van der Waals surface area contributed by atoms with E-state index in [1.54, 1.807) is 31.3 Å². The zero-order valence-corrected chi connectivity index (χ0v) is 16.6. The van der Waals surface area contributed by atoms with Gasteiger partial charge in [0.25, 0.3) is 0 Å². The summed E-state index contributed by atoms with van der Waals surface area (Å²) >= 11 is 0. The van der Waals surface area contributed by atoms with E-state index in [1.165, 1.54) is 32.5 Å². The number of hydrogen-bond acceptors (Lipinski definition) is 7. The molecule has 0 spiro atoms. The number of benzene rings is 2. The minimum atomic E-state index is -0.954. The van der Waals surface area contributed by atoms with Gasteiger partial charge in [-0.25, -0.2) is 4.39 Å². The van der Waals surface area contributed by atoms with Gasteiger partial charge in [-0.3, -0.25) is 19.9 Å². The normalized spacial score (nSPS) is 11.7. The number of hydrogen-bond donors (Lipinski definition) is 1. The molecule has 156 valence electrons. The topological polar surface area (TPSA) is 104 Å². The molecular weight excluding hydrogens is 393 g/mol. The molecule has 3 aromatic rings. The second-order valence-electron chi connectivity index (χ2n) is 6.62. The van der Waals surface area contributed by atoms with Crippen LogP contribution in [0.3, 0.4) is 0 Å². The number of pyridine rings is 1. The monoisotopic (exact) mass is 413 g/mol. The van der Waals surface area contributed by atoms with Crippen LogP contribution in [-0.4, -0.2) is 36.6 Å². The van der Waals surface area contributed by atoms with Crippen molar-refractivity contribution >= 4 is 28.1 Å². The maximum Gasteiger partial charge on any atom is 0.315 e. The van der Waals surface area contributed by atoms with Crippen molar-refractivity contribution in [1.82, 2.24) is 4.98 Å². The van der Waals surface area contributed by atoms with Crippen molar-refractivity contribution < 1.29 is 23.6 Å². The van der Waals surface area contributed by atoms with E-state index in [9.17, 15) is 19.3 Å². The summed E-state index contributed by atoms with van der Waals surface area (Å²) in [6.07, 6.45) is 2.96. The van der Waals surface area contributed by atoms with Gasteiger partial charge in [0, 0.05) is 24.5 Å². The zero-order valence-electron chi connectivity index (χ0n) is 16.6. The number of halogens is 1. The summed E-state index contributed by atoms with van der Waals surface area (Å²) in [7, 11) is 2.63. The van der Waals surface area contributed by atoms with E-state index >= 15 is 0 Å². The maximum atomic E-state index is 14.2. The van der Waals surface area contributed by atoms with Crippen molar-refractivity contribution in [3.63, 3.8) is 0 Å². The van der Waals surface area contributed by atoms with E-state index in [-0.39, 0.29) is 23.5 Å². The number of ether oxygens (including phenoxy) is 2. The minimum absolute atomic E-state index is 0.0713. The van der Waals surface area contributed by atoms with Gasteiger partial charge in [0.05, 0.1) is 24.5 Å². The van der Waals surface area contributed by atoms with E-state index in [2.05, 4.69) is 10.3 Å². The molecule has 0 fully saturated rings. The third-order valence-corrected chi connectivity index (χ3v) is 4.85. The third-order valence-electron chi connectivity index (χ3n) is 4.85. The fourth-order valence-electron chi connectivity index (χ4n) is 3.28. The van der Waals surface area contributed by atoms with E-state index in [0.29, 0.717) is 22.1 Å². The lowest BCUT2D eigenvalue weighted by molar-refractivity contribution is -0.382. The molecule has 0 bridgehead atoms. The summed E-state index contributed by atoms with van der Waals surface area (Å²) in [6, 6.07) is 7.65. The molecule has 1 heterocycles. The predicted molar refractivity (Wildman–Crippen MR) is 109 cm³/mol. The Balaban J connectivity index is 2.01. The van der Waals surface area contributed by atoms with Crippen LogP contribution in [0.1, 0.15) is 17.0 Å². The molecular formula is C21H20FN3O5. The molecule has 1 unspecified atom stereocenters. The third kappa shape index (κ3) is 4.00. The average molecular weight is 413 g/mol. The highest BCUT2D eigenvalue weighted by Crippen LogP contribution is 2.35. The predicted octanol–water partition coefficient (Wildman–Crippen LogP) is 3.97. The number of nitro groups is 1. The number of aromatic nitrogens is 1. The summed E-state index contributed by atoms with van der Waals surface area (Å²) in [5.41, 5.74) is 0.696. The van der Waals surface area contributed by atoms with Crippen LogP contribution in [0.25, 0.3) is 10.8 Å². The van der Waals surface area contributed by atoms with Gasteiger partial charge in [0.2, 0.25) is 0 Å². The van der Waals surface area contributed by atoms with Crippen LogP contribution in [0, 0.1) is 22.9 Å². The van der Waals surface area contributed by atoms with Crippen molar-refractivity contribution in [1.29, 1.82) is 0 Å². The lowest BCUT2D eigenvalue weighted by Gasteiger charge is -2.20. The largest absolute Gasteiger partial charge is 0.496 e. The first-order chi connectivity index (χ1) is 14.4. The number of anilines is 1. The second kappa shape index (κ2) is 8.73. The van der Waals surface area contributed by atoms with Gasteiger partial charge in [0.1, 0.15) is 23.2 Å². The van der Waals surface area contributed by atoms with Gasteiger partial charge in [-0.15, -0.1) is 0 Å². The van der Waals surface area contributed by atoms with E-state index in [0.717, 1.165) is 0 Å². The summed E-state index contributed by atoms with van der Waals surface area (Å²) in [5, 5.41) is 15.7. The number of rotatable bonds is 7. The maximum absolute atomic E-state index is 14.2. The number of carbonyl (C=O) groups excluding carboxylic acids is 1. The molecule has 3 rings (SSSR count). The van der Waals surface area contributed by atoms with Gasteiger partial charge in [-0.05, 0) is 42.1 Å². The molecule has 8 nitrogen and oxygen atoms in total. The highest BCUT2D eigenvalue weighted by Gasteiger charge is 2.28. The number of nitro benzene ring substituents is 1. The molecule has 0 saturated heterocycles. The van der Waals surface area contributed by atoms with Gasteiger partial charge < -0.3 is 14.8 Å². The smallest absolute Gasteiger partial charge is 0.315 e. The standard InChI is InChI=1S/C21H20FN3O5/c1-12-8-19(29-2)14(9-17(12)22)16(21(26)30-3)11-24-18-5-4-13-6-7-23-10-15(13)20(18)25(27)28/h4-10,16,24H,11H2,1-3H3. The summed E-state index contributed by atoms with van der Waals surface area (Å²) in [6.45, 7) is 1.51. The number of nitrogens with one attached hydrogen (secondary N) is 1. The number of aryl methyl sites for hydroxylation is 1. The van der Waals surface area contributed by atoms with Crippen molar-refractivity contribution in [3.8, 4) is 5.75 Å². The molecule has 0 radical (unpaired) electrons. The van der Waals surface area contributed by atoms with Crippen LogP contribution in [-0.2, 0) is 9.53 Å². The highest BCUT2D eigenvalue weighted by atomic mass is 19.1. The van der Waals surface area contributed by atoms with Crippen molar-refractivity contribution in [3.05, 3.63) is 69.8 Å². The molecule has 0 aliphatic heterocycles. The molecule has 1 atom stereocenters. The average Bonchev–Trinajstić information content (AvgIpc) is 2.75. The van der Waals surface area contributed by atoms with Crippen molar-refractivity contribution in [2.45, 2.75) is 12.8 Å². The number of fused-ring (bicyclic) bond motifs is 1. The second-order valence-corrected chi connectivity index (χ2v) is 6.62. The number of nitrogens with zero attached hydrogens (tertiary/aromatic N) is 2. The van der Waals surface area contributed by atoms with Crippen LogP contribution in [0.2, 0.25) is 0 Å². The van der Waals surface area contributed by atoms with E-state index < -0.39 is 22.6 Å². The molecule has 0 saturated carbocycles. The van der Waals surface area contributed by atoms with E-state index in [1.807, 2.05) is 0 Å². The summed E-state index contributed by atoms with van der Waals surface area (Å²) in [4.78, 5) is 27.6. The quantitative estimate of drug-likeness (QED) is 0.355. The lowest BCUT2D eigenvalue weighted by atomic mass is 9.96. The number of carbonyl (C=O) groups is 1. The Bertz CT molecular complexity index is 1120. The Labute approximate surface area is 171 Å². The summed E-state index contributed by atoms with van der Waals surface area (Å²) in [5.74, 6) is -1.76. The van der Waals surface area contributed by atoms with Gasteiger partial charge in [0.15, 0.2) is 0 Å². The molecule has 0 amide bonds. The Morgan fingerprint density at radius 2 is 2.07 bits per heavy atom. The number of esters is 1. The zero-order chi connectivity index (χ0) is 21.8. The SMILES string of the molecule is COC(=O)C(CNc1ccc2ccncc2c1[N+](=O)[O-])c1cc(F)c(C)cc1OC. The number of methoxy groups -OCH3 is 2. The Morgan fingerprint density at radius 1 is 1.30 bits per heavy atom. The first-order valence-corrected chi connectivity index (χ1v) is 9.04. The molecule has 1 N–H and O–H groups in total. The van der Waals surface area contributed by atoms with Crippen molar-refractivity contribution in [2.24, 2.45) is 0 Å². The van der Waals surface area contributed by atoms with Gasteiger partial charge in [-0.2, -0.15) is 0 Å². The van der Waals surface area contributed by atoms with Crippen molar-refractivity contribution in [2.75, 3.05) is 26.1 Å². The highest BCUT2D eigenvalue weighted by molar-refractivity contribution is 5.96. The lowest BCUT2D eigenvalue weighted by Crippen LogP contribution is -2.23. The van der Waals surface area contributed by atoms with Crippen LogP contribution in [0.4, 0.5) is 15.8 Å². The fraction of sp³-hybridized carbons (Fsp3) is 0.238. The van der Waals surface area contributed by atoms with Gasteiger partial charge in [-0.1, -0.05) is 6.07 Å². The Hall–Kier alpha value is -3.75. The first-order valence-electron chi connectivity index (χ1n) is 9.04. The molecule has 30 heavy (non-hydrogen) atoms. The molecule has 9 heteroatoms. The fourth-order valence-corrected chi connectivity index (χ4v) is 3.28. The van der Waals surface area contributed by atoms with Crippen LogP contribution in [0.15, 0.2) is 42.7 Å². The Kier molecular flexibility index (Phi) is 6.10. The van der Waals surface area contributed by atoms with Crippen LogP contribution in [0.5, 0.6) is 5.75 Å². The molecule has 2 aromatic carbocycles. The molecule has 0 aliphatic carbocycles. The van der Waals surface area contributed by atoms with Crippen LogP contribution >= 0.6 is 0 Å². The Morgan fingerprint density at radius 3 is 2.73 bits per heavy atom. The molecule has 1 aromatic heterocycles. The van der Waals surface area contributed by atoms with Gasteiger partial charge >= 0.3 is 11.7 Å². The summed E-state index contributed by atoms with van der Waals surface area (Å²) < 4.78 is 24.4. The van der Waals surface area contributed by atoms with E-state index in [4.69, 9.17) is 9.47 Å². The molecule has 0 aliphatic rings. The first kappa shape index (κ1) is 21.0. The minimum Gasteiger partial charge on any atom is -0.496 e.